The molecule has 0 N–H and O–H groups in total. The van der Waals surface area contributed by atoms with E-state index in [1.807, 2.05) is 31.3 Å². The summed E-state index contributed by atoms with van der Waals surface area (Å²) < 4.78 is 3.49. The van der Waals surface area contributed by atoms with Crippen LogP contribution < -0.4 is 5.56 Å². The van der Waals surface area contributed by atoms with Crippen molar-refractivity contribution < 1.29 is 0 Å². The molecule has 0 bridgehead atoms. The molecular weight excluding hydrogens is 391 g/mol. The van der Waals surface area contributed by atoms with Crippen LogP contribution >= 0.6 is 35.0 Å². The number of para-hydroxylation sites is 1. The van der Waals surface area contributed by atoms with Gasteiger partial charge in [-0.05, 0) is 25.1 Å². The van der Waals surface area contributed by atoms with E-state index in [2.05, 4.69) is 9.97 Å². The van der Waals surface area contributed by atoms with Gasteiger partial charge in [0.25, 0.3) is 5.56 Å². The van der Waals surface area contributed by atoms with Gasteiger partial charge in [0.1, 0.15) is 0 Å². The van der Waals surface area contributed by atoms with Gasteiger partial charge in [0.05, 0.1) is 26.6 Å². The van der Waals surface area contributed by atoms with E-state index in [1.165, 1.54) is 11.8 Å². The zero-order valence-electron chi connectivity index (χ0n) is 13.8. The molecule has 132 valence electrons. The molecule has 0 aliphatic heterocycles. The fraction of sp³-hybridized carbons (Fsp3) is 0.167. The standard InChI is InChI=1S/C18H14Cl2N4OS/c1-2-24-17(25)13-5-3-4-6-15(13)22-18(24)26-10-12-9-23-8-11(19)7-14(20)16(23)21-12/h3-9H,2,10H2,1H3. The van der Waals surface area contributed by atoms with Gasteiger partial charge in [-0.2, -0.15) is 0 Å². The topological polar surface area (TPSA) is 52.2 Å². The Kier molecular flexibility index (Phi) is 4.65. The van der Waals surface area contributed by atoms with E-state index in [-0.39, 0.29) is 5.56 Å². The largest absolute Gasteiger partial charge is 0.304 e. The van der Waals surface area contributed by atoms with Crippen molar-refractivity contribution in [1.82, 2.24) is 18.9 Å². The van der Waals surface area contributed by atoms with Crippen molar-refractivity contribution in [2.45, 2.75) is 24.4 Å². The monoisotopic (exact) mass is 404 g/mol. The van der Waals surface area contributed by atoms with Crippen LogP contribution in [0.25, 0.3) is 16.6 Å². The molecule has 5 nitrogen and oxygen atoms in total. The van der Waals surface area contributed by atoms with Gasteiger partial charge in [0.2, 0.25) is 0 Å². The van der Waals surface area contributed by atoms with Crippen LogP contribution in [0.4, 0.5) is 0 Å². The van der Waals surface area contributed by atoms with Crippen LogP contribution in [0, 0.1) is 0 Å². The fourth-order valence-electron chi connectivity index (χ4n) is 2.82. The third-order valence-corrected chi connectivity index (χ3v) is 5.51. The van der Waals surface area contributed by atoms with Gasteiger partial charge < -0.3 is 4.40 Å². The van der Waals surface area contributed by atoms with E-state index in [0.29, 0.717) is 44.0 Å². The molecular formula is C18H14Cl2N4OS. The van der Waals surface area contributed by atoms with Gasteiger partial charge in [-0.15, -0.1) is 0 Å². The first kappa shape index (κ1) is 17.4. The lowest BCUT2D eigenvalue weighted by Gasteiger charge is -2.10. The predicted molar refractivity (Wildman–Crippen MR) is 106 cm³/mol. The first-order chi connectivity index (χ1) is 12.6. The lowest BCUT2D eigenvalue weighted by atomic mass is 10.2. The van der Waals surface area contributed by atoms with Crippen LogP contribution in [-0.4, -0.2) is 18.9 Å². The molecule has 1 aromatic carbocycles. The Labute approximate surface area is 163 Å². The lowest BCUT2D eigenvalue weighted by Crippen LogP contribution is -2.22. The molecule has 26 heavy (non-hydrogen) atoms. The van der Waals surface area contributed by atoms with Crippen molar-refractivity contribution in [2.24, 2.45) is 0 Å². The summed E-state index contributed by atoms with van der Waals surface area (Å²) in [6.45, 7) is 2.50. The smallest absolute Gasteiger partial charge is 0.262 e. The van der Waals surface area contributed by atoms with Crippen LogP contribution in [0.15, 0.2) is 52.7 Å². The molecule has 3 heterocycles. The average molecular weight is 405 g/mol. The number of aromatic nitrogens is 4. The molecule has 3 aromatic heterocycles. The summed E-state index contributed by atoms with van der Waals surface area (Å²) in [4.78, 5) is 21.9. The highest BCUT2D eigenvalue weighted by Gasteiger charge is 2.12. The van der Waals surface area contributed by atoms with E-state index < -0.39 is 0 Å². The normalized spacial score (nSPS) is 11.5. The fourth-order valence-corrected chi connectivity index (χ4v) is 4.29. The summed E-state index contributed by atoms with van der Waals surface area (Å²) in [5.74, 6) is 0.570. The number of hydrogen-bond acceptors (Lipinski definition) is 4. The average Bonchev–Trinajstić information content (AvgIpc) is 3.03. The second-order valence-electron chi connectivity index (χ2n) is 5.72. The Morgan fingerprint density at radius 2 is 1.96 bits per heavy atom. The molecule has 0 saturated heterocycles. The minimum atomic E-state index is -0.0228. The summed E-state index contributed by atoms with van der Waals surface area (Å²) in [6.07, 6.45) is 3.65. The van der Waals surface area contributed by atoms with Crippen molar-refractivity contribution in [1.29, 1.82) is 0 Å². The number of nitrogens with zero attached hydrogens (tertiary/aromatic N) is 4. The third-order valence-electron chi connectivity index (χ3n) is 4.01. The molecule has 0 radical (unpaired) electrons. The van der Waals surface area contributed by atoms with Crippen molar-refractivity contribution in [2.75, 3.05) is 0 Å². The number of halogens is 2. The Hall–Kier alpha value is -2.02. The number of hydrogen-bond donors (Lipinski definition) is 0. The number of imidazole rings is 1. The van der Waals surface area contributed by atoms with Gasteiger partial charge in [-0.3, -0.25) is 9.36 Å². The maximum Gasteiger partial charge on any atom is 0.262 e. The van der Waals surface area contributed by atoms with Crippen LogP contribution in [0.1, 0.15) is 12.6 Å². The highest BCUT2D eigenvalue weighted by Crippen LogP contribution is 2.25. The summed E-state index contributed by atoms with van der Waals surface area (Å²) in [5.41, 5.74) is 2.18. The summed E-state index contributed by atoms with van der Waals surface area (Å²) in [7, 11) is 0. The van der Waals surface area contributed by atoms with Crippen molar-refractivity contribution in [3.05, 3.63) is 68.8 Å². The minimum Gasteiger partial charge on any atom is -0.304 e. The van der Waals surface area contributed by atoms with Crippen molar-refractivity contribution >= 4 is 51.5 Å². The molecule has 0 amide bonds. The molecule has 0 atom stereocenters. The zero-order chi connectivity index (χ0) is 18.3. The van der Waals surface area contributed by atoms with E-state index in [1.54, 1.807) is 27.3 Å². The van der Waals surface area contributed by atoms with Gasteiger partial charge in [0, 0.05) is 24.7 Å². The highest BCUT2D eigenvalue weighted by molar-refractivity contribution is 7.98. The number of fused-ring (bicyclic) bond motifs is 2. The SMILES string of the molecule is CCn1c(SCc2cn3cc(Cl)cc(Cl)c3n2)nc2ccccc2c1=O. The Morgan fingerprint density at radius 3 is 2.77 bits per heavy atom. The quantitative estimate of drug-likeness (QED) is 0.366. The van der Waals surface area contributed by atoms with Gasteiger partial charge >= 0.3 is 0 Å². The number of rotatable bonds is 4. The molecule has 0 aliphatic carbocycles. The van der Waals surface area contributed by atoms with Crippen LogP contribution in [0.5, 0.6) is 0 Å². The van der Waals surface area contributed by atoms with E-state index in [9.17, 15) is 4.79 Å². The Balaban J connectivity index is 1.70. The Bertz CT molecular complexity index is 1190. The van der Waals surface area contributed by atoms with Gasteiger partial charge in [0.15, 0.2) is 10.8 Å². The second-order valence-corrected chi connectivity index (χ2v) is 7.51. The van der Waals surface area contributed by atoms with Gasteiger partial charge in [-0.25, -0.2) is 9.97 Å². The van der Waals surface area contributed by atoms with Crippen LogP contribution in [0.3, 0.4) is 0 Å². The van der Waals surface area contributed by atoms with E-state index >= 15 is 0 Å². The summed E-state index contributed by atoms with van der Waals surface area (Å²) >= 11 is 13.7. The highest BCUT2D eigenvalue weighted by atomic mass is 35.5. The third kappa shape index (κ3) is 3.09. The molecule has 4 aromatic rings. The molecule has 8 heteroatoms. The summed E-state index contributed by atoms with van der Waals surface area (Å²) in [5, 5.41) is 2.36. The van der Waals surface area contributed by atoms with Crippen molar-refractivity contribution in [3.8, 4) is 0 Å². The van der Waals surface area contributed by atoms with Crippen molar-refractivity contribution in [3.63, 3.8) is 0 Å². The number of thioether (sulfide) groups is 1. The number of pyridine rings is 1. The Morgan fingerprint density at radius 1 is 1.15 bits per heavy atom. The first-order valence-electron chi connectivity index (χ1n) is 8.02. The van der Waals surface area contributed by atoms with E-state index in [0.717, 1.165) is 5.69 Å². The maximum atomic E-state index is 12.7. The molecule has 0 aliphatic rings. The first-order valence-corrected chi connectivity index (χ1v) is 9.76. The molecule has 0 fully saturated rings. The maximum absolute atomic E-state index is 12.7. The second kappa shape index (κ2) is 6.95. The van der Waals surface area contributed by atoms with Gasteiger partial charge in [-0.1, -0.05) is 47.1 Å². The molecule has 4 rings (SSSR count). The zero-order valence-corrected chi connectivity index (χ0v) is 16.1. The van der Waals surface area contributed by atoms with E-state index in [4.69, 9.17) is 23.2 Å². The van der Waals surface area contributed by atoms with Crippen LogP contribution in [0.2, 0.25) is 10.0 Å². The van der Waals surface area contributed by atoms with Crippen LogP contribution in [-0.2, 0) is 12.3 Å². The predicted octanol–water partition coefficient (Wildman–Crippen LogP) is 4.66. The lowest BCUT2D eigenvalue weighted by molar-refractivity contribution is 0.634. The number of benzene rings is 1. The molecule has 0 unspecified atom stereocenters. The minimum absolute atomic E-state index is 0.0228. The molecule has 0 spiro atoms. The molecule has 0 saturated carbocycles. The summed E-state index contributed by atoms with van der Waals surface area (Å²) in [6, 6.07) is 9.06.